The van der Waals surface area contributed by atoms with Gasteiger partial charge in [0.15, 0.2) is 5.82 Å². The number of pyridine rings is 1. The molecule has 92 valence electrons. The van der Waals surface area contributed by atoms with E-state index in [2.05, 4.69) is 10.3 Å². The average Bonchev–Trinajstić information content (AvgIpc) is 2.35. The number of carbonyl (C=O) groups is 1. The fourth-order valence-electron chi connectivity index (χ4n) is 1.57. The standard InChI is InChI=1S/C13H13N3O2/c1-8-9(4-2-6-11(8)17)13(18)16-12-10(14)5-3-7-15-12/h2-7,17H,14H2,1H3,(H,15,16,18). The maximum Gasteiger partial charge on any atom is 0.257 e. The number of hydrogen-bond donors (Lipinski definition) is 3. The van der Waals surface area contributed by atoms with E-state index in [-0.39, 0.29) is 11.7 Å². The van der Waals surface area contributed by atoms with E-state index in [1.807, 2.05) is 0 Å². The molecular formula is C13H13N3O2. The Hall–Kier alpha value is -2.56. The fraction of sp³-hybridized carbons (Fsp3) is 0.0769. The molecule has 2 rings (SSSR count). The molecule has 5 heteroatoms. The van der Waals surface area contributed by atoms with Crippen molar-refractivity contribution in [2.24, 2.45) is 0 Å². The van der Waals surface area contributed by atoms with E-state index in [9.17, 15) is 9.90 Å². The quantitative estimate of drug-likeness (QED) is 0.752. The number of amides is 1. The van der Waals surface area contributed by atoms with Gasteiger partial charge < -0.3 is 16.2 Å². The molecule has 0 unspecified atom stereocenters. The molecule has 0 saturated carbocycles. The first-order valence-corrected chi connectivity index (χ1v) is 5.40. The molecule has 1 heterocycles. The summed E-state index contributed by atoms with van der Waals surface area (Å²) in [6.07, 6.45) is 1.54. The summed E-state index contributed by atoms with van der Waals surface area (Å²) < 4.78 is 0. The Morgan fingerprint density at radius 3 is 2.83 bits per heavy atom. The summed E-state index contributed by atoms with van der Waals surface area (Å²) >= 11 is 0. The van der Waals surface area contributed by atoms with Crippen molar-refractivity contribution in [3.05, 3.63) is 47.7 Å². The molecule has 2 aromatic rings. The van der Waals surface area contributed by atoms with Crippen LogP contribution in [0.3, 0.4) is 0 Å². The van der Waals surface area contributed by atoms with Gasteiger partial charge >= 0.3 is 0 Å². The molecule has 0 fully saturated rings. The van der Waals surface area contributed by atoms with Gasteiger partial charge in [0, 0.05) is 17.3 Å². The van der Waals surface area contributed by atoms with Gasteiger partial charge in [-0.15, -0.1) is 0 Å². The minimum absolute atomic E-state index is 0.0802. The Bertz CT molecular complexity index is 597. The number of nitrogen functional groups attached to an aromatic ring is 1. The average molecular weight is 243 g/mol. The number of benzene rings is 1. The topological polar surface area (TPSA) is 88.2 Å². The molecule has 0 atom stereocenters. The lowest BCUT2D eigenvalue weighted by molar-refractivity contribution is 0.102. The summed E-state index contributed by atoms with van der Waals surface area (Å²) in [5.41, 5.74) is 6.99. The highest BCUT2D eigenvalue weighted by Gasteiger charge is 2.12. The monoisotopic (exact) mass is 243 g/mol. The second-order valence-electron chi connectivity index (χ2n) is 3.85. The molecule has 1 amide bonds. The first kappa shape index (κ1) is 11.9. The van der Waals surface area contributed by atoms with Gasteiger partial charge in [-0.1, -0.05) is 6.07 Å². The van der Waals surface area contributed by atoms with Crippen LogP contribution in [0.25, 0.3) is 0 Å². The third kappa shape index (κ3) is 2.24. The highest BCUT2D eigenvalue weighted by molar-refractivity contribution is 6.06. The van der Waals surface area contributed by atoms with Crippen LogP contribution in [0.5, 0.6) is 5.75 Å². The fourth-order valence-corrected chi connectivity index (χ4v) is 1.57. The first-order chi connectivity index (χ1) is 8.59. The van der Waals surface area contributed by atoms with E-state index in [1.54, 1.807) is 37.4 Å². The van der Waals surface area contributed by atoms with Crippen molar-refractivity contribution in [3.8, 4) is 5.75 Å². The van der Waals surface area contributed by atoms with Crippen LogP contribution >= 0.6 is 0 Å². The van der Waals surface area contributed by atoms with E-state index in [0.29, 0.717) is 22.6 Å². The summed E-state index contributed by atoms with van der Waals surface area (Å²) in [6, 6.07) is 8.10. The number of carbonyl (C=O) groups excluding carboxylic acids is 1. The molecule has 0 aliphatic rings. The number of phenolic OH excluding ortho intramolecular Hbond substituents is 1. The van der Waals surface area contributed by atoms with Crippen LogP contribution in [0.2, 0.25) is 0 Å². The molecule has 0 aliphatic heterocycles. The molecule has 0 saturated heterocycles. The number of anilines is 2. The van der Waals surface area contributed by atoms with Gasteiger partial charge in [0.25, 0.3) is 5.91 Å². The summed E-state index contributed by atoms with van der Waals surface area (Å²) in [6.45, 7) is 1.67. The minimum Gasteiger partial charge on any atom is -0.508 e. The third-order valence-corrected chi connectivity index (χ3v) is 2.62. The zero-order valence-electron chi connectivity index (χ0n) is 9.84. The van der Waals surface area contributed by atoms with Crippen molar-refractivity contribution in [1.82, 2.24) is 4.98 Å². The number of nitrogens with one attached hydrogen (secondary N) is 1. The van der Waals surface area contributed by atoms with Gasteiger partial charge in [0.1, 0.15) is 5.75 Å². The van der Waals surface area contributed by atoms with Crippen molar-refractivity contribution in [3.63, 3.8) is 0 Å². The van der Waals surface area contributed by atoms with E-state index >= 15 is 0 Å². The van der Waals surface area contributed by atoms with Crippen molar-refractivity contribution >= 4 is 17.4 Å². The van der Waals surface area contributed by atoms with Crippen LogP contribution < -0.4 is 11.1 Å². The first-order valence-electron chi connectivity index (χ1n) is 5.40. The summed E-state index contributed by atoms with van der Waals surface area (Å²) in [4.78, 5) is 16.0. The van der Waals surface area contributed by atoms with Crippen LogP contribution in [-0.4, -0.2) is 16.0 Å². The molecule has 0 spiro atoms. The van der Waals surface area contributed by atoms with Gasteiger partial charge in [-0.05, 0) is 31.2 Å². The van der Waals surface area contributed by atoms with E-state index in [1.165, 1.54) is 6.07 Å². The Morgan fingerprint density at radius 1 is 1.33 bits per heavy atom. The van der Waals surface area contributed by atoms with Crippen LogP contribution in [-0.2, 0) is 0 Å². The minimum atomic E-state index is -0.353. The Morgan fingerprint density at radius 2 is 2.11 bits per heavy atom. The SMILES string of the molecule is Cc1c(O)cccc1C(=O)Nc1ncccc1N. The normalized spacial score (nSPS) is 10.1. The largest absolute Gasteiger partial charge is 0.508 e. The molecule has 18 heavy (non-hydrogen) atoms. The van der Waals surface area contributed by atoms with Gasteiger partial charge in [-0.25, -0.2) is 4.98 Å². The smallest absolute Gasteiger partial charge is 0.257 e. The Kier molecular flexibility index (Phi) is 3.14. The van der Waals surface area contributed by atoms with E-state index in [4.69, 9.17) is 5.73 Å². The predicted molar refractivity (Wildman–Crippen MR) is 69.4 cm³/mol. The van der Waals surface area contributed by atoms with Crippen LogP contribution in [0.4, 0.5) is 11.5 Å². The van der Waals surface area contributed by atoms with Crippen molar-refractivity contribution in [1.29, 1.82) is 0 Å². The Balaban J connectivity index is 2.28. The number of rotatable bonds is 2. The van der Waals surface area contributed by atoms with E-state index in [0.717, 1.165) is 0 Å². The number of hydrogen-bond acceptors (Lipinski definition) is 4. The molecule has 0 radical (unpaired) electrons. The van der Waals surface area contributed by atoms with Gasteiger partial charge in [0.2, 0.25) is 0 Å². The van der Waals surface area contributed by atoms with Crippen LogP contribution in [0.1, 0.15) is 15.9 Å². The summed E-state index contributed by atoms with van der Waals surface area (Å²) in [5.74, 6) is 0.0377. The molecule has 0 aliphatic carbocycles. The van der Waals surface area contributed by atoms with Gasteiger partial charge in [-0.2, -0.15) is 0 Å². The summed E-state index contributed by atoms with van der Waals surface area (Å²) in [5, 5.41) is 12.2. The molecule has 5 nitrogen and oxygen atoms in total. The molecule has 1 aromatic heterocycles. The highest BCUT2D eigenvalue weighted by Crippen LogP contribution is 2.21. The van der Waals surface area contributed by atoms with E-state index < -0.39 is 0 Å². The lowest BCUT2D eigenvalue weighted by Crippen LogP contribution is -2.15. The molecule has 4 N–H and O–H groups in total. The van der Waals surface area contributed by atoms with Crippen molar-refractivity contribution in [2.45, 2.75) is 6.92 Å². The van der Waals surface area contributed by atoms with Crippen LogP contribution in [0, 0.1) is 6.92 Å². The second kappa shape index (κ2) is 4.75. The maximum absolute atomic E-state index is 12.0. The lowest BCUT2D eigenvalue weighted by atomic mass is 10.1. The number of aromatic nitrogens is 1. The highest BCUT2D eigenvalue weighted by atomic mass is 16.3. The zero-order valence-corrected chi connectivity index (χ0v) is 9.84. The number of nitrogens with zero attached hydrogens (tertiary/aromatic N) is 1. The van der Waals surface area contributed by atoms with Crippen molar-refractivity contribution in [2.75, 3.05) is 11.1 Å². The lowest BCUT2D eigenvalue weighted by Gasteiger charge is -2.09. The summed E-state index contributed by atoms with van der Waals surface area (Å²) in [7, 11) is 0. The zero-order chi connectivity index (χ0) is 13.1. The number of phenols is 1. The number of aromatic hydroxyl groups is 1. The van der Waals surface area contributed by atoms with Gasteiger partial charge in [-0.3, -0.25) is 4.79 Å². The third-order valence-electron chi connectivity index (χ3n) is 2.62. The van der Waals surface area contributed by atoms with Gasteiger partial charge in [0.05, 0.1) is 5.69 Å². The molecule has 1 aromatic carbocycles. The predicted octanol–water partition coefficient (Wildman–Crippen LogP) is 1.93. The van der Waals surface area contributed by atoms with Crippen molar-refractivity contribution < 1.29 is 9.90 Å². The van der Waals surface area contributed by atoms with Crippen LogP contribution in [0.15, 0.2) is 36.5 Å². The Labute approximate surface area is 104 Å². The maximum atomic E-state index is 12.0. The second-order valence-corrected chi connectivity index (χ2v) is 3.85. The number of nitrogens with two attached hydrogens (primary N) is 1. The molecule has 0 bridgehead atoms. The molecular weight excluding hydrogens is 230 g/mol.